The number of carbonyl (C=O) groups is 1. The quantitative estimate of drug-likeness (QED) is 0.332. The van der Waals surface area contributed by atoms with Crippen molar-refractivity contribution in [1.82, 2.24) is 0 Å². The van der Waals surface area contributed by atoms with Crippen molar-refractivity contribution >= 4 is 21.7 Å². The van der Waals surface area contributed by atoms with E-state index in [1.54, 1.807) is 24.3 Å². The molecule has 0 unspecified atom stereocenters. The summed E-state index contributed by atoms with van der Waals surface area (Å²) in [7, 11) is 3.52. The number of rotatable bonds is 9. The molecule has 3 rings (SSSR count). The summed E-state index contributed by atoms with van der Waals surface area (Å²) in [4.78, 5) is 12.8. The van der Waals surface area contributed by atoms with Crippen molar-refractivity contribution in [2.75, 3.05) is 39.8 Å². The molecule has 3 aromatic carbocycles. The molecule has 9 nitrogen and oxygen atoms in total. The van der Waals surface area contributed by atoms with Crippen LogP contribution in [0, 0.1) is 0 Å². The van der Waals surface area contributed by atoms with Gasteiger partial charge in [-0.1, -0.05) is 0 Å². The molecule has 0 aromatic heterocycles. The summed E-state index contributed by atoms with van der Waals surface area (Å²) in [5, 5.41) is 0. The SMILES string of the molecule is COc1ccc(S(=O)(=O)N(C)c2ccc(OC(=O)c3cc(OC)c(OC)c(OC)c3)cc2)cc1. The van der Waals surface area contributed by atoms with Crippen LogP contribution in [0.1, 0.15) is 10.4 Å². The zero-order valence-electron chi connectivity index (χ0n) is 19.4. The van der Waals surface area contributed by atoms with Gasteiger partial charge in [0.2, 0.25) is 5.75 Å². The number of nitrogens with zero attached hydrogens (tertiary/aromatic N) is 1. The lowest BCUT2D eigenvalue weighted by Gasteiger charge is -2.20. The Morgan fingerprint density at radius 1 is 0.735 bits per heavy atom. The van der Waals surface area contributed by atoms with Crippen LogP contribution in [0.15, 0.2) is 65.6 Å². The Labute approximate surface area is 198 Å². The molecule has 0 heterocycles. The summed E-state index contributed by atoms with van der Waals surface area (Å²) in [6.07, 6.45) is 0. The van der Waals surface area contributed by atoms with Gasteiger partial charge in [0.05, 0.1) is 44.6 Å². The van der Waals surface area contributed by atoms with Gasteiger partial charge in [0.25, 0.3) is 10.0 Å². The zero-order chi connectivity index (χ0) is 24.9. The highest BCUT2D eigenvalue weighted by molar-refractivity contribution is 7.92. The average Bonchev–Trinajstić information content (AvgIpc) is 2.87. The van der Waals surface area contributed by atoms with Crippen molar-refractivity contribution in [2.45, 2.75) is 4.90 Å². The first-order valence-electron chi connectivity index (χ1n) is 10.0. The number of hydrogen-bond acceptors (Lipinski definition) is 8. The van der Waals surface area contributed by atoms with Crippen molar-refractivity contribution in [3.05, 3.63) is 66.2 Å². The third kappa shape index (κ3) is 5.01. The number of esters is 1. The fourth-order valence-corrected chi connectivity index (χ4v) is 4.33. The predicted molar refractivity (Wildman–Crippen MR) is 126 cm³/mol. The van der Waals surface area contributed by atoms with Gasteiger partial charge in [-0.2, -0.15) is 0 Å². The third-order valence-corrected chi connectivity index (χ3v) is 6.83. The topological polar surface area (TPSA) is 101 Å². The minimum atomic E-state index is -3.79. The van der Waals surface area contributed by atoms with Crippen LogP contribution in [0.25, 0.3) is 0 Å². The molecular weight excluding hydrogens is 462 g/mol. The molecule has 3 aromatic rings. The fraction of sp³-hybridized carbons (Fsp3) is 0.208. The lowest BCUT2D eigenvalue weighted by atomic mass is 10.2. The van der Waals surface area contributed by atoms with E-state index in [2.05, 4.69) is 0 Å². The second-order valence-corrected chi connectivity index (χ2v) is 8.91. The van der Waals surface area contributed by atoms with Gasteiger partial charge in [-0.05, 0) is 60.7 Å². The van der Waals surface area contributed by atoms with Gasteiger partial charge in [-0.25, -0.2) is 13.2 Å². The Morgan fingerprint density at radius 3 is 1.74 bits per heavy atom. The Kier molecular flexibility index (Phi) is 7.52. The third-order valence-electron chi connectivity index (χ3n) is 5.03. The van der Waals surface area contributed by atoms with Crippen molar-refractivity contribution in [3.8, 4) is 28.7 Å². The summed E-state index contributed by atoms with van der Waals surface area (Å²) >= 11 is 0. The Bertz CT molecular complexity index is 1230. The van der Waals surface area contributed by atoms with Crippen molar-refractivity contribution in [3.63, 3.8) is 0 Å². The van der Waals surface area contributed by atoms with Gasteiger partial charge in [0.15, 0.2) is 11.5 Å². The molecule has 10 heteroatoms. The molecule has 0 N–H and O–H groups in total. The Morgan fingerprint density at radius 2 is 1.26 bits per heavy atom. The number of benzene rings is 3. The van der Waals surface area contributed by atoms with Gasteiger partial charge >= 0.3 is 5.97 Å². The Hall–Kier alpha value is -3.92. The van der Waals surface area contributed by atoms with E-state index in [1.165, 1.54) is 71.9 Å². The maximum atomic E-state index is 12.9. The summed E-state index contributed by atoms with van der Waals surface area (Å²) in [6.45, 7) is 0. The van der Waals surface area contributed by atoms with Crippen molar-refractivity contribution < 1.29 is 36.9 Å². The minimum absolute atomic E-state index is 0.119. The lowest BCUT2D eigenvalue weighted by Crippen LogP contribution is -2.26. The van der Waals surface area contributed by atoms with Crippen LogP contribution >= 0.6 is 0 Å². The second kappa shape index (κ2) is 10.3. The van der Waals surface area contributed by atoms with E-state index < -0.39 is 16.0 Å². The molecule has 0 fully saturated rings. The molecule has 0 amide bonds. The van der Waals surface area contributed by atoms with Crippen LogP contribution in [0.4, 0.5) is 5.69 Å². The number of anilines is 1. The maximum Gasteiger partial charge on any atom is 0.343 e. The summed E-state index contributed by atoms with van der Waals surface area (Å²) in [5.41, 5.74) is 0.584. The van der Waals surface area contributed by atoms with Crippen molar-refractivity contribution in [1.29, 1.82) is 0 Å². The first-order chi connectivity index (χ1) is 16.2. The summed E-state index contributed by atoms with van der Waals surface area (Å²) in [5.74, 6) is 1.12. The first-order valence-corrected chi connectivity index (χ1v) is 11.4. The molecule has 0 aliphatic heterocycles. The highest BCUT2D eigenvalue weighted by Crippen LogP contribution is 2.38. The minimum Gasteiger partial charge on any atom is -0.497 e. The van der Waals surface area contributed by atoms with Gasteiger partial charge in [0.1, 0.15) is 11.5 Å². The van der Waals surface area contributed by atoms with E-state index in [0.717, 1.165) is 4.31 Å². The highest BCUT2D eigenvalue weighted by Gasteiger charge is 2.22. The van der Waals surface area contributed by atoms with E-state index in [-0.39, 0.29) is 16.2 Å². The Balaban J connectivity index is 1.78. The van der Waals surface area contributed by atoms with Crippen LogP contribution in [-0.4, -0.2) is 49.9 Å². The van der Waals surface area contributed by atoms with E-state index in [9.17, 15) is 13.2 Å². The van der Waals surface area contributed by atoms with Crippen LogP contribution in [0.2, 0.25) is 0 Å². The van der Waals surface area contributed by atoms with Crippen LogP contribution in [0.3, 0.4) is 0 Å². The second-order valence-electron chi connectivity index (χ2n) is 6.95. The monoisotopic (exact) mass is 487 g/mol. The standard InChI is InChI=1S/C24H25NO8S/c1-25(34(27,28)20-12-10-18(29-2)11-13-20)17-6-8-19(9-7-17)33-24(26)16-14-21(30-3)23(32-5)22(15-16)31-4/h6-15H,1-5H3. The number of sulfonamides is 1. The van der Waals surface area contributed by atoms with Crippen LogP contribution < -0.4 is 28.0 Å². The van der Waals surface area contributed by atoms with E-state index in [4.69, 9.17) is 23.7 Å². The van der Waals surface area contributed by atoms with Crippen LogP contribution in [-0.2, 0) is 10.0 Å². The highest BCUT2D eigenvalue weighted by atomic mass is 32.2. The molecule has 0 saturated heterocycles. The van der Waals surface area contributed by atoms with Gasteiger partial charge in [-0.3, -0.25) is 4.31 Å². The van der Waals surface area contributed by atoms with Gasteiger partial charge in [0, 0.05) is 7.05 Å². The largest absolute Gasteiger partial charge is 0.497 e. The maximum absolute atomic E-state index is 12.9. The van der Waals surface area contributed by atoms with E-state index >= 15 is 0 Å². The lowest BCUT2D eigenvalue weighted by molar-refractivity contribution is 0.0734. The van der Waals surface area contributed by atoms with Crippen molar-refractivity contribution in [2.24, 2.45) is 0 Å². The molecule has 180 valence electrons. The molecule has 0 spiro atoms. The van der Waals surface area contributed by atoms with Gasteiger partial charge in [-0.15, -0.1) is 0 Å². The predicted octanol–water partition coefficient (Wildman–Crippen LogP) is 3.77. The number of ether oxygens (including phenoxy) is 5. The molecule has 0 atom stereocenters. The van der Waals surface area contributed by atoms with E-state index in [1.807, 2.05) is 0 Å². The molecule has 0 aliphatic carbocycles. The number of methoxy groups -OCH3 is 4. The van der Waals surface area contributed by atoms with Crippen LogP contribution in [0.5, 0.6) is 28.7 Å². The molecular formula is C24H25NO8S. The first kappa shape index (κ1) is 24.7. The fourth-order valence-electron chi connectivity index (χ4n) is 3.13. The molecule has 0 aliphatic rings. The zero-order valence-corrected chi connectivity index (χ0v) is 20.2. The smallest absolute Gasteiger partial charge is 0.343 e. The molecule has 0 bridgehead atoms. The molecule has 34 heavy (non-hydrogen) atoms. The number of hydrogen-bond donors (Lipinski definition) is 0. The van der Waals surface area contributed by atoms with Gasteiger partial charge < -0.3 is 23.7 Å². The number of carbonyl (C=O) groups excluding carboxylic acids is 1. The summed E-state index contributed by atoms with van der Waals surface area (Å²) in [6, 6.07) is 15.1. The molecule has 0 saturated carbocycles. The molecule has 0 radical (unpaired) electrons. The van der Waals surface area contributed by atoms with E-state index in [0.29, 0.717) is 28.7 Å². The normalized spacial score (nSPS) is 10.9. The average molecular weight is 488 g/mol. The summed E-state index contributed by atoms with van der Waals surface area (Å²) < 4.78 is 53.3.